The smallest absolute Gasteiger partial charge is 0.299 e. The molecule has 24 heavy (non-hydrogen) atoms. The van der Waals surface area contributed by atoms with Crippen LogP contribution in [0.15, 0.2) is 59.5 Å². The summed E-state index contributed by atoms with van der Waals surface area (Å²) >= 11 is 0. The number of para-hydroxylation sites is 2. The van der Waals surface area contributed by atoms with Crippen molar-refractivity contribution in [2.45, 2.75) is 13.0 Å². The largest absolute Gasteiger partial charge is 0.468 e. The van der Waals surface area contributed by atoms with E-state index >= 15 is 0 Å². The summed E-state index contributed by atoms with van der Waals surface area (Å²) in [6.45, 7) is 0.516. The maximum absolute atomic E-state index is 12.8. The molecule has 0 radical (unpaired) electrons. The van der Waals surface area contributed by atoms with Crippen molar-refractivity contribution in [1.29, 1.82) is 0 Å². The minimum atomic E-state index is -0.0720. The van der Waals surface area contributed by atoms with Crippen LogP contribution in [0.3, 0.4) is 0 Å². The van der Waals surface area contributed by atoms with E-state index in [1.807, 2.05) is 42.6 Å². The summed E-state index contributed by atoms with van der Waals surface area (Å²) in [4.78, 5) is 20.5. The first kappa shape index (κ1) is 14.5. The number of aromatic nitrogens is 3. The summed E-state index contributed by atoms with van der Waals surface area (Å²) in [6, 6.07) is 15.8. The van der Waals surface area contributed by atoms with Gasteiger partial charge in [-0.25, -0.2) is 0 Å². The van der Waals surface area contributed by atoms with Gasteiger partial charge in [-0.3, -0.25) is 9.36 Å². The van der Waals surface area contributed by atoms with Crippen molar-refractivity contribution in [1.82, 2.24) is 14.5 Å². The third kappa shape index (κ3) is 2.34. The average molecular weight is 319 g/mol. The van der Waals surface area contributed by atoms with E-state index in [1.54, 1.807) is 17.7 Å². The Hall–Kier alpha value is -3.08. The SMILES string of the molecule is COc1nc2ccccc2c(=O)n1CCc1c[nH]c2ccccc12. The molecule has 0 fully saturated rings. The lowest BCUT2D eigenvalue weighted by atomic mass is 10.1. The Balaban J connectivity index is 1.74. The van der Waals surface area contributed by atoms with Crippen molar-refractivity contribution in [2.24, 2.45) is 0 Å². The summed E-state index contributed by atoms with van der Waals surface area (Å²) in [5.41, 5.74) is 2.86. The number of aromatic amines is 1. The second-order valence-electron chi connectivity index (χ2n) is 5.68. The van der Waals surface area contributed by atoms with Crippen molar-refractivity contribution in [3.63, 3.8) is 0 Å². The molecule has 5 heteroatoms. The highest BCUT2D eigenvalue weighted by Crippen LogP contribution is 2.19. The molecular weight excluding hydrogens is 302 g/mol. The fourth-order valence-corrected chi connectivity index (χ4v) is 3.07. The number of aryl methyl sites for hydroxylation is 1. The van der Waals surface area contributed by atoms with Crippen LogP contribution >= 0.6 is 0 Å². The van der Waals surface area contributed by atoms with Crippen LogP contribution in [0.25, 0.3) is 21.8 Å². The van der Waals surface area contributed by atoms with Gasteiger partial charge >= 0.3 is 0 Å². The minimum absolute atomic E-state index is 0.0720. The lowest BCUT2D eigenvalue weighted by Gasteiger charge is -2.11. The van der Waals surface area contributed by atoms with Crippen molar-refractivity contribution < 1.29 is 4.74 Å². The zero-order valence-corrected chi connectivity index (χ0v) is 13.3. The van der Waals surface area contributed by atoms with E-state index in [2.05, 4.69) is 16.0 Å². The molecule has 0 aliphatic carbocycles. The van der Waals surface area contributed by atoms with Gasteiger partial charge < -0.3 is 9.72 Å². The Kier molecular flexibility index (Phi) is 3.54. The van der Waals surface area contributed by atoms with Crippen LogP contribution in [0.5, 0.6) is 6.01 Å². The Morgan fingerprint density at radius 2 is 1.83 bits per heavy atom. The summed E-state index contributed by atoms with van der Waals surface area (Å²) in [7, 11) is 1.54. The van der Waals surface area contributed by atoms with Crippen LogP contribution in [0, 0.1) is 0 Å². The summed E-state index contributed by atoms with van der Waals surface area (Å²) in [5, 5.41) is 1.79. The molecule has 2 heterocycles. The highest BCUT2D eigenvalue weighted by Gasteiger charge is 2.12. The number of benzene rings is 2. The fraction of sp³-hybridized carbons (Fsp3) is 0.158. The van der Waals surface area contributed by atoms with Gasteiger partial charge in [0, 0.05) is 23.6 Å². The molecule has 0 saturated carbocycles. The van der Waals surface area contributed by atoms with Gasteiger partial charge in [-0.2, -0.15) is 4.98 Å². The van der Waals surface area contributed by atoms with Crippen molar-refractivity contribution in [3.05, 3.63) is 70.6 Å². The first-order valence-corrected chi connectivity index (χ1v) is 7.86. The normalized spacial score (nSPS) is 11.2. The number of nitrogens with one attached hydrogen (secondary N) is 1. The van der Waals surface area contributed by atoms with Gasteiger partial charge in [-0.1, -0.05) is 30.3 Å². The molecule has 4 rings (SSSR count). The molecule has 0 spiro atoms. The van der Waals surface area contributed by atoms with E-state index in [-0.39, 0.29) is 5.56 Å². The maximum atomic E-state index is 12.8. The molecule has 0 bridgehead atoms. The third-order valence-corrected chi connectivity index (χ3v) is 4.29. The molecule has 120 valence electrons. The molecule has 2 aromatic carbocycles. The van der Waals surface area contributed by atoms with Gasteiger partial charge in [0.15, 0.2) is 0 Å². The van der Waals surface area contributed by atoms with Crippen LogP contribution in [0.1, 0.15) is 5.56 Å². The number of ether oxygens (including phenoxy) is 1. The molecule has 0 aliphatic heterocycles. The molecule has 0 aliphatic rings. The minimum Gasteiger partial charge on any atom is -0.468 e. The number of hydrogen-bond acceptors (Lipinski definition) is 3. The van der Waals surface area contributed by atoms with Gasteiger partial charge in [0.25, 0.3) is 11.6 Å². The topological polar surface area (TPSA) is 59.9 Å². The Morgan fingerprint density at radius 1 is 1.08 bits per heavy atom. The molecule has 0 amide bonds. The van der Waals surface area contributed by atoms with E-state index in [4.69, 9.17) is 4.74 Å². The molecular formula is C19H17N3O2. The van der Waals surface area contributed by atoms with E-state index in [1.165, 1.54) is 10.9 Å². The van der Waals surface area contributed by atoms with Crippen molar-refractivity contribution in [2.75, 3.05) is 7.11 Å². The quantitative estimate of drug-likeness (QED) is 0.629. The van der Waals surface area contributed by atoms with Crippen molar-refractivity contribution >= 4 is 21.8 Å². The number of hydrogen-bond donors (Lipinski definition) is 1. The summed E-state index contributed by atoms with van der Waals surface area (Å²) in [5.74, 6) is 0. The molecule has 0 saturated heterocycles. The van der Waals surface area contributed by atoms with Crippen molar-refractivity contribution in [3.8, 4) is 6.01 Å². The monoisotopic (exact) mass is 319 g/mol. The second-order valence-corrected chi connectivity index (χ2v) is 5.68. The van der Waals surface area contributed by atoms with Crippen LogP contribution in [0.4, 0.5) is 0 Å². The zero-order valence-electron chi connectivity index (χ0n) is 13.3. The van der Waals surface area contributed by atoms with Gasteiger partial charge in [0.2, 0.25) is 0 Å². The Labute approximate surface area is 138 Å². The number of nitrogens with zero attached hydrogens (tertiary/aromatic N) is 2. The number of H-pyrrole nitrogens is 1. The van der Waals surface area contributed by atoms with Gasteiger partial charge in [-0.15, -0.1) is 0 Å². The second kappa shape index (κ2) is 5.85. The van der Waals surface area contributed by atoms with E-state index in [9.17, 15) is 4.79 Å². The number of methoxy groups -OCH3 is 1. The predicted octanol–water partition coefficient (Wildman–Crippen LogP) is 3.13. The van der Waals surface area contributed by atoms with Gasteiger partial charge in [0.1, 0.15) is 0 Å². The standard InChI is InChI=1S/C19H17N3O2/c1-24-19-21-17-9-5-3-7-15(17)18(23)22(19)11-10-13-12-20-16-8-4-2-6-14(13)16/h2-9,12,20H,10-11H2,1H3. The van der Waals surface area contributed by atoms with Crippen LogP contribution < -0.4 is 10.3 Å². The van der Waals surface area contributed by atoms with Crippen LogP contribution in [-0.2, 0) is 13.0 Å². The van der Waals surface area contributed by atoms with Crippen LogP contribution in [-0.4, -0.2) is 21.6 Å². The summed E-state index contributed by atoms with van der Waals surface area (Å²) in [6.07, 6.45) is 2.72. The third-order valence-electron chi connectivity index (χ3n) is 4.29. The molecule has 1 N–H and O–H groups in total. The lowest BCUT2D eigenvalue weighted by Crippen LogP contribution is -2.24. The Morgan fingerprint density at radius 3 is 2.67 bits per heavy atom. The van der Waals surface area contributed by atoms with Gasteiger partial charge in [-0.05, 0) is 30.2 Å². The summed E-state index contributed by atoms with van der Waals surface area (Å²) < 4.78 is 6.94. The lowest BCUT2D eigenvalue weighted by molar-refractivity contribution is 0.348. The van der Waals surface area contributed by atoms with Crippen LogP contribution in [0.2, 0.25) is 0 Å². The zero-order chi connectivity index (χ0) is 16.5. The fourth-order valence-electron chi connectivity index (χ4n) is 3.07. The molecule has 0 atom stereocenters. The predicted molar refractivity (Wildman–Crippen MR) is 94.6 cm³/mol. The van der Waals surface area contributed by atoms with E-state index < -0.39 is 0 Å². The number of rotatable bonds is 4. The first-order chi connectivity index (χ1) is 11.8. The molecule has 4 aromatic rings. The van der Waals surface area contributed by atoms with Gasteiger partial charge in [0.05, 0.1) is 18.0 Å². The molecule has 0 unspecified atom stereocenters. The molecule has 2 aromatic heterocycles. The maximum Gasteiger partial charge on any atom is 0.299 e. The Bertz CT molecular complexity index is 1080. The van der Waals surface area contributed by atoms with E-state index in [0.717, 1.165) is 11.9 Å². The highest BCUT2D eigenvalue weighted by atomic mass is 16.5. The van der Waals surface area contributed by atoms with E-state index in [0.29, 0.717) is 23.5 Å². The average Bonchev–Trinajstić information content (AvgIpc) is 3.04. The first-order valence-electron chi connectivity index (χ1n) is 7.86. The highest BCUT2D eigenvalue weighted by molar-refractivity contribution is 5.83. The number of fused-ring (bicyclic) bond motifs is 2. The molecule has 5 nitrogen and oxygen atoms in total.